The lowest BCUT2D eigenvalue weighted by molar-refractivity contribution is 0.335. The molecule has 0 aromatic carbocycles. The maximum Gasteiger partial charge on any atom is 0.348 e. The number of hydrogen-bond acceptors (Lipinski definition) is 3. The molecule has 0 atom stereocenters. The summed E-state index contributed by atoms with van der Waals surface area (Å²) >= 11 is 0. The third kappa shape index (κ3) is 8.00. The quantitative estimate of drug-likeness (QED) is 0.373. The molecule has 12 heteroatoms. The van der Waals surface area contributed by atoms with Gasteiger partial charge in [0.1, 0.15) is 0 Å². The fraction of sp³-hybridized carbons (Fsp3) is 0.600. The van der Waals surface area contributed by atoms with Gasteiger partial charge in [-0.3, -0.25) is 13.7 Å². The average Bonchev–Trinajstić information content (AvgIpc) is 1.95. The van der Waals surface area contributed by atoms with Crippen molar-refractivity contribution in [3.05, 3.63) is 11.9 Å². The van der Waals surface area contributed by atoms with Gasteiger partial charge in [0.05, 0.1) is 0 Å². The highest BCUT2D eigenvalue weighted by atomic mass is 31.2. The molecule has 0 aliphatic rings. The van der Waals surface area contributed by atoms with E-state index in [1.54, 1.807) is 0 Å². The predicted molar refractivity (Wildman–Crippen MR) is 58.3 cm³/mol. The standard InChI is InChI=1S/C5H13O9P3/c6-15(7,8)4-2-1-3-5(16(9,10)11)17(12,13)14/h2,4-5H,1,3H2,(H2,6,7,8)(H2,9,10,11)(H2,12,13,14)/b4-2+. The smallest absolute Gasteiger partial charge is 0.324 e. The first-order chi connectivity index (χ1) is 7.34. The van der Waals surface area contributed by atoms with Crippen LogP contribution in [0.15, 0.2) is 11.9 Å². The molecule has 0 unspecified atom stereocenters. The first-order valence-corrected chi connectivity index (χ1v) is 9.22. The van der Waals surface area contributed by atoms with Gasteiger partial charge in [-0.25, -0.2) is 0 Å². The average molecular weight is 310 g/mol. The third-order valence-electron chi connectivity index (χ3n) is 1.67. The normalized spacial score (nSPS) is 14.8. The van der Waals surface area contributed by atoms with E-state index in [1.165, 1.54) is 0 Å². The Labute approximate surface area is 96.7 Å². The summed E-state index contributed by atoms with van der Waals surface area (Å²) in [6.45, 7) is 0. The maximum atomic E-state index is 10.8. The molecule has 0 spiro atoms. The van der Waals surface area contributed by atoms with Gasteiger partial charge < -0.3 is 29.4 Å². The SMILES string of the molecule is O=P(O)(O)/C=C/CCC(P(=O)(O)O)P(=O)(O)O. The fourth-order valence-corrected chi connectivity index (χ4v) is 3.95. The van der Waals surface area contributed by atoms with Crippen molar-refractivity contribution >= 4 is 22.8 Å². The van der Waals surface area contributed by atoms with Gasteiger partial charge in [-0.15, -0.1) is 0 Å². The predicted octanol–water partition coefficient (Wildman–Crippen LogP) is 0.139. The van der Waals surface area contributed by atoms with Crippen molar-refractivity contribution in [2.24, 2.45) is 0 Å². The zero-order chi connectivity index (χ0) is 13.9. The van der Waals surface area contributed by atoms with Crippen molar-refractivity contribution in [1.82, 2.24) is 0 Å². The first kappa shape index (κ1) is 17.2. The van der Waals surface area contributed by atoms with Crippen molar-refractivity contribution in [1.29, 1.82) is 0 Å². The molecule has 102 valence electrons. The van der Waals surface area contributed by atoms with E-state index >= 15 is 0 Å². The van der Waals surface area contributed by atoms with Gasteiger partial charge in [-0.1, -0.05) is 6.08 Å². The van der Waals surface area contributed by atoms with Crippen LogP contribution in [0.4, 0.5) is 0 Å². The van der Waals surface area contributed by atoms with E-state index < -0.39 is 34.6 Å². The second-order valence-electron chi connectivity index (χ2n) is 3.21. The van der Waals surface area contributed by atoms with Gasteiger partial charge in [0.25, 0.3) is 0 Å². The first-order valence-electron chi connectivity index (χ1n) is 4.17. The molecule has 0 bridgehead atoms. The fourth-order valence-electron chi connectivity index (χ4n) is 0.989. The molecule has 6 N–H and O–H groups in total. The van der Waals surface area contributed by atoms with E-state index in [1.807, 2.05) is 0 Å². The van der Waals surface area contributed by atoms with Crippen LogP contribution in [0.1, 0.15) is 12.8 Å². The number of allylic oxidation sites excluding steroid dienone is 1. The van der Waals surface area contributed by atoms with Crippen LogP contribution in [0.5, 0.6) is 0 Å². The summed E-state index contributed by atoms with van der Waals surface area (Å²) in [6, 6.07) is 0. The van der Waals surface area contributed by atoms with Gasteiger partial charge in [0.2, 0.25) is 0 Å². The molecular weight excluding hydrogens is 297 g/mol. The molecule has 0 aliphatic heterocycles. The number of hydrogen-bond donors (Lipinski definition) is 6. The Morgan fingerprint density at radius 2 is 1.29 bits per heavy atom. The molecular formula is C5H13O9P3. The summed E-state index contributed by atoms with van der Waals surface area (Å²) in [7, 11) is -14.3. The maximum absolute atomic E-state index is 10.8. The lowest BCUT2D eigenvalue weighted by Gasteiger charge is -2.18. The van der Waals surface area contributed by atoms with E-state index in [2.05, 4.69) is 0 Å². The minimum atomic E-state index is -4.97. The summed E-state index contributed by atoms with van der Waals surface area (Å²) in [5.74, 6) is 0.503. The van der Waals surface area contributed by atoms with Crippen LogP contribution in [-0.2, 0) is 13.7 Å². The van der Waals surface area contributed by atoms with Crippen LogP contribution in [0, 0.1) is 0 Å². The van der Waals surface area contributed by atoms with Gasteiger partial charge in [0.15, 0.2) is 5.40 Å². The van der Waals surface area contributed by atoms with E-state index in [0.29, 0.717) is 5.82 Å². The minimum Gasteiger partial charge on any atom is -0.324 e. The Bertz CT molecular complexity index is 388. The highest BCUT2D eigenvalue weighted by Gasteiger charge is 2.42. The van der Waals surface area contributed by atoms with Crippen LogP contribution in [0.3, 0.4) is 0 Å². The van der Waals surface area contributed by atoms with E-state index in [9.17, 15) is 13.7 Å². The van der Waals surface area contributed by atoms with Gasteiger partial charge in [0, 0.05) is 5.82 Å². The molecule has 0 radical (unpaired) electrons. The van der Waals surface area contributed by atoms with Crippen LogP contribution in [0.2, 0.25) is 0 Å². The van der Waals surface area contributed by atoms with Crippen molar-refractivity contribution < 1.29 is 43.1 Å². The van der Waals surface area contributed by atoms with Gasteiger partial charge >= 0.3 is 22.8 Å². The second-order valence-corrected chi connectivity index (χ2v) is 8.70. The van der Waals surface area contributed by atoms with E-state index in [-0.39, 0.29) is 6.42 Å². The van der Waals surface area contributed by atoms with Gasteiger partial charge in [-0.05, 0) is 12.8 Å². The van der Waals surface area contributed by atoms with Crippen molar-refractivity contribution in [2.45, 2.75) is 18.2 Å². The van der Waals surface area contributed by atoms with Crippen LogP contribution < -0.4 is 0 Å². The third-order valence-corrected chi connectivity index (χ3v) is 6.14. The number of rotatable bonds is 6. The van der Waals surface area contributed by atoms with Gasteiger partial charge in [-0.2, -0.15) is 0 Å². The largest absolute Gasteiger partial charge is 0.348 e. The molecule has 0 aromatic heterocycles. The Kier molecular flexibility index (Phi) is 5.95. The molecule has 0 aliphatic carbocycles. The molecule has 0 saturated heterocycles. The van der Waals surface area contributed by atoms with Crippen molar-refractivity contribution in [2.75, 3.05) is 0 Å². The molecule has 0 saturated carbocycles. The summed E-state index contributed by atoms with van der Waals surface area (Å²) in [5, 5.41) is -2.16. The van der Waals surface area contributed by atoms with E-state index in [0.717, 1.165) is 6.08 Å². The molecule has 0 amide bonds. The topological polar surface area (TPSA) is 173 Å². The Morgan fingerprint density at radius 1 is 0.882 bits per heavy atom. The highest BCUT2D eigenvalue weighted by Crippen LogP contribution is 2.61. The molecule has 0 heterocycles. The Morgan fingerprint density at radius 3 is 1.59 bits per heavy atom. The summed E-state index contributed by atoms with van der Waals surface area (Å²) in [6.07, 6.45) is 0.0656. The molecule has 0 fully saturated rings. The van der Waals surface area contributed by atoms with Crippen LogP contribution >= 0.6 is 22.8 Å². The Balaban J connectivity index is 4.63. The molecule has 9 nitrogen and oxygen atoms in total. The zero-order valence-electron chi connectivity index (χ0n) is 8.40. The molecule has 17 heavy (non-hydrogen) atoms. The highest BCUT2D eigenvalue weighted by molar-refractivity contribution is 7.70. The lowest BCUT2D eigenvalue weighted by Crippen LogP contribution is -2.08. The van der Waals surface area contributed by atoms with Crippen molar-refractivity contribution in [3.8, 4) is 0 Å². The molecule has 0 rings (SSSR count). The summed E-state index contributed by atoms with van der Waals surface area (Å²) < 4.78 is 32.0. The monoisotopic (exact) mass is 310 g/mol. The van der Waals surface area contributed by atoms with Crippen molar-refractivity contribution in [3.63, 3.8) is 0 Å². The Hall–Kier alpha value is 0.190. The second kappa shape index (κ2) is 5.89. The lowest BCUT2D eigenvalue weighted by atomic mass is 10.3. The van der Waals surface area contributed by atoms with Crippen LogP contribution in [-0.4, -0.2) is 34.8 Å². The summed E-state index contributed by atoms with van der Waals surface area (Å²) in [4.78, 5) is 51.7. The zero-order valence-corrected chi connectivity index (χ0v) is 11.1. The summed E-state index contributed by atoms with van der Waals surface area (Å²) in [5.41, 5.74) is 0. The minimum absolute atomic E-state index is 0.272. The van der Waals surface area contributed by atoms with E-state index in [4.69, 9.17) is 29.4 Å². The molecule has 0 aromatic rings. The van der Waals surface area contributed by atoms with Crippen LogP contribution in [0.25, 0.3) is 0 Å².